The van der Waals surface area contributed by atoms with Crippen molar-refractivity contribution in [2.75, 3.05) is 72.0 Å². The molecule has 54 heavy (non-hydrogen) atoms. The van der Waals surface area contributed by atoms with Crippen LogP contribution in [0.4, 0.5) is 5.95 Å². The van der Waals surface area contributed by atoms with Crippen molar-refractivity contribution < 1.29 is 19.0 Å². The number of tetrazole rings is 1. The molecule has 7 rings (SSSR count). The summed E-state index contributed by atoms with van der Waals surface area (Å²) in [5.41, 5.74) is 3.46. The molecular weight excluding hydrogens is 729 g/mol. The van der Waals surface area contributed by atoms with E-state index in [-0.39, 0.29) is 11.3 Å². The quantitative estimate of drug-likeness (QED) is 0.129. The third-order valence-corrected chi connectivity index (χ3v) is 11.7. The number of ether oxygens (including phenoxy) is 3. The first-order valence-corrected chi connectivity index (χ1v) is 19.3. The van der Waals surface area contributed by atoms with Crippen molar-refractivity contribution in [2.45, 2.75) is 50.5 Å². The molecule has 2 aliphatic heterocycles. The van der Waals surface area contributed by atoms with Gasteiger partial charge in [0.25, 0.3) is 5.91 Å². The molecule has 0 bridgehead atoms. The van der Waals surface area contributed by atoms with Crippen LogP contribution in [0.1, 0.15) is 53.8 Å². The van der Waals surface area contributed by atoms with Gasteiger partial charge in [0.05, 0.1) is 42.4 Å². The molecule has 286 valence electrons. The highest BCUT2D eigenvalue weighted by Crippen LogP contribution is 2.43. The van der Waals surface area contributed by atoms with Crippen molar-refractivity contribution in [1.82, 2.24) is 40.0 Å². The molecule has 5 aromatic rings. The van der Waals surface area contributed by atoms with Crippen LogP contribution in [0, 0.1) is 0 Å². The Morgan fingerprint density at radius 2 is 1.70 bits per heavy atom. The van der Waals surface area contributed by atoms with Crippen molar-refractivity contribution in [3.63, 3.8) is 0 Å². The number of anilines is 1. The molecule has 0 radical (unpaired) electrons. The number of imidazole rings is 1. The number of hydrogen-bond donors (Lipinski definition) is 1. The van der Waals surface area contributed by atoms with Crippen LogP contribution < -0.4 is 19.1 Å². The van der Waals surface area contributed by atoms with E-state index in [1.54, 1.807) is 33.5 Å². The second-order valence-corrected chi connectivity index (χ2v) is 14.9. The molecule has 1 N–H and O–H groups in total. The number of para-hydroxylation sites is 2. The zero-order valence-corrected chi connectivity index (χ0v) is 32.6. The van der Waals surface area contributed by atoms with Crippen LogP contribution in [0.25, 0.3) is 11.0 Å². The summed E-state index contributed by atoms with van der Waals surface area (Å²) in [5, 5.41) is 15.5. The number of halogens is 2. The lowest BCUT2D eigenvalue weighted by Gasteiger charge is -2.33. The predicted molar refractivity (Wildman–Crippen MR) is 209 cm³/mol. The predicted octanol–water partition coefficient (Wildman–Crippen LogP) is 6.29. The number of rotatable bonds is 14. The van der Waals surface area contributed by atoms with Crippen molar-refractivity contribution in [3.8, 4) is 17.2 Å². The molecule has 15 heteroatoms. The zero-order valence-electron chi connectivity index (χ0n) is 31.1. The molecule has 0 aliphatic carbocycles. The van der Waals surface area contributed by atoms with Crippen LogP contribution in [-0.4, -0.2) is 113 Å². The topological polar surface area (TPSA) is 127 Å². The van der Waals surface area contributed by atoms with Crippen LogP contribution >= 0.6 is 23.2 Å². The maximum absolute atomic E-state index is 14.1. The Kier molecular flexibility index (Phi) is 11.8. The molecule has 2 aromatic heterocycles. The van der Waals surface area contributed by atoms with E-state index < -0.39 is 0 Å². The van der Waals surface area contributed by atoms with Gasteiger partial charge in [0.1, 0.15) is 0 Å². The molecule has 1 unspecified atom stereocenters. The van der Waals surface area contributed by atoms with Gasteiger partial charge in [0, 0.05) is 56.7 Å². The Hall–Kier alpha value is -4.59. The van der Waals surface area contributed by atoms with Gasteiger partial charge in [0.15, 0.2) is 17.3 Å². The van der Waals surface area contributed by atoms with Crippen molar-refractivity contribution in [2.24, 2.45) is 0 Å². The minimum absolute atomic E-state index is 0.0840. The molecular formula is C39H47Cl2N9O4. The number of amides is 1. The van der Waals surface area contributed by atoms with E-state index in [1.165, 1.54) is 0 Å². The number of unbranched alkanes of at least 4 members (excludes halogenated alkanes) is 1. The first-order chi connectivity index (χ1) is 26.3. The highest BCUT2D eigenvalue weighted by atomic mass is 35.5. The molecule has 4 heterocycles. The number of hydrogen-bond acceptors (Lipinski definition) is 10. The lowest BCUT2D eigenvalue weighted by Crippen LogP contribution is -2.39. The summed E-state index contributed by atoms with van der Waals surface area (Å²) >= 11 is 13.0. The fourth-order valence-electron chi connectivity index (χ4n) is 7.98. The van der Waals surface area contributed by atoms with Gasteiger partial charge >= 0.3 is 0 Å². The number of aromatic amines is 1. The van der Waals surface area contributed by atoms with Crippen molar-refractivity contribution >= 4 is 46.1 Å². The van der Waals surface area contributed by atoms with E-state index in [0.717, 1.165) is 106 Å². The summed E-state index contributed by atoms with van der Waals surface area (Å²) in [5.74, 6) is 3.03. The molecule has 0 saturated carbocycles. The molecule has 1 amide bonds. The van der Waals surface area contributed by atoms with E-state index in [4.69, 9.17) is 42.4 Å². The molecule has 13 nitrogen and oxygen atoms in total. The molecule has 2 saturated heterocycles. The van der Waals surface area contributed by atoms with Crippen LogP contribution in [0.15, 0.2) is 54.6 Å². The van der Waals surface area contributed by atoms with E-state index >= 15 is 0 Å². The highest BCUT2D eigenvalue weighted by Gasteiger charge is 2.42. The number of likely N-dealkylation sites (tertiary alicyclic amines) is 1. The summed E-state index contributed by atoms with van der Waals surface area (Å²) in [6.07, 6.45) is 5.42. The number of methoxy groups -OCH3 is 3. The summed E-state index contributed by atoms with van der Waals surface area (Å²) < 4.78 is 19.0. The molecule has 0 spiro atoms. The minimum Gasteiger partial charge on any atom is -0.493 e. The van der Waals surface area contributed by atoms with Gasteiger partial charge in [0.2, 0.25) is 11.7 Å². The van der Waals surface area contributed by atoms with Gasteiger partial charge < -0.3 is 33.5 Å². The lowest BCUT2D eigenvalue weighted by molar-refractivity contribution is 0.0780. The fraction of sp³-hybridized carbons (Fsp3) is 0.462. The SMILES string of the molecule is COc1cc(C(=O)N2CCC(CCN3CCCN(c4nc5ccccc5n4CCCCc4nn[nH]n4)CC3)(c3ccc(Cl)c(Cl)c3)C2)cc(OC)c1OC. The Morgan fingerprint density at radius 1 is 0.889 bits per heavy atom. The van der Waals surface area contributed by atoms with Gasteiger partial charge in [-0.1, -0.05) is 46.6 Å². The standard InChI is InChI=1S/C39H47Cl2N9O4/c1-52-33-23-27(24-34(53-2)36(33)54-3)37(51)49-20-15-39(26-49,28-12-13-29(40)30(41)25-28)14-19-47-16-8-17-48(22-21-47)38-42-31-9-4-5-10-32(31)50(38)18-7-6-11-35-43-45-46-44-35/h4-5,9-10,12-13,23-25H,6-8,11,14-22,26H2,1-3H3,(H,43,44,45,46). The Morgan fingerprint density at radius 3 is 2.44 bits per heavy atom. The summed E-state index contributed by atoms with van der Waals surface area (Å²) in [6.45, 7) is 6.60. The number of carbonyl (C=O) groups is 1. The van der Waals surface area contributed by atoms with Gasteiger partial charge in [-0.25, -0.2) is 4.98 Å². The fourth-order valence-corrected chi connectivity index (χ4v) is 8.27. The monoisotopic (exact) mass is 775 g/mol. The van der Waals surface area contributed by atoms with Crippen LogP contribution in [-0.2, 0) is 18.4 Å². The summed E-state index contributed by atoms with van der Waals surface area (Å²) in [6, 6.07) is 17.7. The average Bonchev–Trinajstić information content (AvgIpc) is 3.93. The van der Waals surface area contributed by atoms with E-state index in [9.17, 15) is 4.79 Å². The number of H-pyrrole nitrogens is 1. The smallest absolute Gasteiger partial charge is 0.254 e. The molecule has 1 atom stereocenters. The number of aryl methyl sites for hydroxylation is 2. The number of nitrogens with one attached hydrogen (secondary N) is 1. The lowest BCUT2D eigenvalue weighted by atomic mass is 9.76. The van der Waals surface area contributed by atoms with Crippen LogP contribution in [0.2, 0.25) is 10.0 Å². The number of carbonyl (C=O) groups excluding carboxylic acids is 1. The summed E-state index contributed by atoms with van der Waals surface area (Å²) in [4.78, 5) is 26.1. The number of aromatic nitrogens is 6. The summed E-state index contributed by atoms with van der Waals surface area (Å²) in [7, 11) is 4.66. The normalized spacial score (nSPS) is 17.9. The first-order valence-electron chi connectivity index (χ1n) is 18.5. The van der Waals surface area contributed by atoms with Gasteiger partial charge in [-0.15, -0.1) is 10.2 Å². The van der Waals surface area contributed by atoms with E-state index in [0.29, 0.717) is 45.9 Å². The van der Waals surface area contributed by atoms with E-state index in [1.807, 2.05) is 17.0 Å². The minimum atomic E-state index is -0.300. The third kappa shape index (κ3) is 7.94. The maximum atomic E-state index is 14.1. The number of nitrogens with zero attached hydrogens (tertiary/aromatic N) is 8. The average molecular weight is 777 g/mol. The largest absolute Gasteiger partial charge is 0.493 e. The number of fused-ring (bicyclic) bond motifs is 1. The Bertz CT molecular complexity index is 2030. The second kappa shape index (κ2) is 16.8. The van der Waals surface area contributed by atoms with Crippen molar-refractivity contribution in [3.05, 3.63) is 81.6 Å². The third-order valence-electron chi connectivity index (χ3n) is 10.9. The number of benzene rings is 3. The van der Waals surface area contributed by atoms with Gasteiger partial charge in [-0.2, -0.15) is 5.21 Å². The molecule has 2 fully saturated rings. The van der Waals surface area contributed by atoms with Crippen LogP contribution in [0.3, 0.4) is 0 Å². The maximum Gasteiger partial charge on any atom is 0.254 e. The van der Waals surface area contributed by atoms with Crippen LogP contribution in [0.5, 0.6) is 17.2 Å². The molecule has 3 aromatic carbocycles. The second-order valence-electron chi connectivity index (χ2n) is 14.1. The van der Waals surface area contributed by atoms with Gasteiger partial charge in [-0.3, -0.25) is 4.79 Å². The zero-order chi connectivity index (χ0) is 37.7. The highest BCUT2D eigenvalue weighted by molar-refractivity contribution is 6.42. The molecule has 2 aliphatic rings. The Balaban J connectivity index is 1.06. The van der Waals surface area contributed by atoms with Gasteiger partial charge in [-0.05, 0) is 87.2 Å². The Labute approximate surface area is 325 Å². The van der Waals surface area contributed by atoms with Crippen molar-refractivity contribution in [1.29, 1.82) is 0 Å². The van der Waals surface area contributed by atoms with E-state index in [2.05, 4.69) is 65.3 Å². The first kappa shape index (κ1) is 37.7.